The smallest absolute Gasteiger partial charge is 0.295 e. The van der Waals surface area contributed by atoms with Gasteiger partial charge in [0.25, 0.3) is 5.56 Å². The molecule has 0 aliphatic rings. The number of aromatic nitrogens is 3. The molecule has 1 aromatic carbocycles. The molecule has 3 aromatic rings. The number of fused-ring (bicyclic) bond motifs is 1. The van der Waals surface area contributed by atoms with Crippen LogP contribution in [0.4, 0.5) is 4.39 Å². The van der Waals surface area contributed by atoms with E-state index in [-0.39, 0.29) is 5.69 Å². The predicted octanol–water partition coefficient (Wildman–Crippen LogP) is 1.87. The Hall–Kier alpha value is -2.47. The van der Waals surface area contributed by atoms with Crippen LogP contribution >= 0.6 is 11.6 Å². The molecule has 0 unspecified atom stereocenters. The minimum absolute atomic E-state index is 0.248. The molecule has 0 atom stereocenters. The van der Waals surface area contributed by atoms with Gasteiger partial charge in [-0.1, -0.05) is 17.7 Å². The van der Waals surface area contributed by atoms with Crippen LogP contribution in [0, 0.1) is 5.82 Å². The number of hydrogen-bond donors (Lipinski definition) is 1. The lowest BCUT2D eigenvalue weighted by Crippen LogP contribution is -2.35. The predicted molar refractivity (Wildman–Crippen MR) is 72.9 cm³/mol. The highest BCUT2D eigenvalue weighted by Gasteiger charge is 2.15. The quantitative estimate of drug-likeness (QED) is 0.696. The highest BCUT2D eigenvalue weighted by molar-refractivity contribution is 6.29. The molecule has 5 nitrogen and oxygen atoms in total. The zero-order valence-electron chi connectivity index (χ0n) is 9.93. The van der Waals surface area contributed by atoms with Crippen molar-refractivity contribution < 1.29 is 4.39 Å². The number of benzene rings is 1. The highest BCUT2D eigenvalue weighted by Crippen LogP contribution is 2.18. The zero-order valence-corrected chi connectivity index (χ0v) is 10.7. The summed E-state index contributed by atoms with van der Waals surface area (Å²) in [5.41, 5.74) is -1.07. The molecular weight excluding hydrogens is 285 g/mol. The van der Waals surface area contributed by atoms with E-state index in [2.05, 4.69) is 9.97 Å². The Morgan fingerprint density at radius 3 is 2.80 bits per heavy atom. The summed E-state index contributed by atoms with van der Waals surface area (Å²) in [6, 6.07) is 8.24. The molecule has 0 spiro atoms. The maximum absolute atomic E-state index is 13.6. The van der Waals surface area contributed by atoms with Gasteiger partial charge in [0.15, 0.2) is 5.15 Å². The lowest BCUT2D eigenvalue weighted by molar-refractivity contribution is 0.585. The Morgan fingerprint density at radius 2 is 2.00 bits per heavy atom. The second-order valence-electron chi connectivity index (χ2n) is 4.05. The van der Waals surface area contributed by atoms with Crippen molar-refractivity contribution in [2.75, 3.05) is 0 Å². The fourth-order valence-corrected chi connectivity index (χ4v) is 2.15. The molecule has 0 aliphatic carbocycles. The van der Waals surface area contributed by atoms with Gasteiger partial charge in [0.1, 0.15) is 0 Å². The van der Waals surface area contributed by atoms with E-state index in [0.29, 0.717) is 15.5 Å². The molecule has 100 valence electrons. The number of H-pyrrole nitrogens is 1. The molecule has 0 amide bonds. The largest absolute Gasteiger partial charge is 0.334 e. The van der Waals surface area contributed by atoms with Crippen molar-refractivity contribution in [3.63, 3.8) is 0 Å². The maximum Gasteiger partial charge on any atom is 0.334 e. The fourth-order valence-electron chi connectivity index (χ4n) is 1.99. The van der Waals surface area contributed by atoms with E-state index in [4.69, 9.17) is 11.6 Å². The van der Waals surface area contributed by atoms with Gasteiger partial charge in [-0.3, -0.25) is 14.8 Å². The van der Waals surface area contributed by atoms with Crippen molar-refractivity contribution in [3.05, 3.63) is 68.3 Å². The second-order valence-corrected chi connectivity index (χ2v) is 4.42. The molecule has 0 saturated heterocycles. The van der Waals surface area contributed by atoms with E-state index in [1.165, 1.54) is 6.07 Å². The normalized spacial score (nSPS) is 10.9. The molecule has 2 aromatic heterocycles. The Bertz CT molecular complexity index is 928. The van der Waals surface area contributed by atoms with E-state index >= 15 is 0 Å². The average molecular weight is 292 g/mol. The fraction of sp³-hybridized carbons (Fsp3) is 0. The van der Waals surface area contributed by atoms with Crippen LogP contribution in [0.3, 0.4) is 0 Å². The lowest BCUT2D eigenvalue weighted by atomic mass is 10.2. The number of hydrogen-bond acceptors (Lipinski definition) is 3. The molecule has 0 saturated carbocycles. The zero-order chi connectivity index (χ0) is 14.3. The summed E-state index contributed by atoms with van der Waals surface area (Å²) >= 11 is 5.44. The first-order valence-electron chi connectivity index (χ1n) is 5.64. The minimum atomic E-state index is -1.20. The number of nitrogens with one attached hydrogen (secondary N) is 1. The van der Waals surface area contributed by atoms with E-state index in [1.54, 1.807) is 30.5 Å². The summed E-state index contributed by atoms with van der Waals surface area (Å²) < 4.78 is 14.3. The molecule has 3 rings (SSSR count). The van der Waals surface area contributed by atoms with Gasteiger partial charge in [-0.25, -0.2) is 9.36 Å². The monoisotopic (exact) mass is 291 g/mol. The van der Waals surface area contributed by atoms with Gasteiger partial charge in [0, 0.05) is 11.6 Å². The van der Waals surface area contributed by atoms with Crippen molar-refractivity contribution in [1.82, 2.24) is 14.5 Å². The van der Waals surface area contributed by atoms with E-state index in [0.717, 1.165) is 0 Å². The first kappa shape index (κ1) is 12.6. The molecule has 0 fully saturated rings. The van der Waals surface area contributed by atoms with Crippen molar-refractivity contribution in [3.8, 4) is 5.69 Å². The summed E-state index contributed by atoms with van der Waals surface area (Å²) in [5.74, 6) is -1.20. The molecule has 2 heterocycles. The highest BCUT2D eigenvalue weighted by atomic mass is 35.5. The molecular formula is C13H7ClFN3O2. The van der Waals surface area contributed by atoms with E-state index in [9.17, 15) is 14.0 Å². The first-order chi connectivity index (χ1) is 9.59. The Morgan fingerprint density at radius 1 is 1.20 bits per heavy atom. The summed E-state index contributed by atoms with van der Waals surface area (Å²) in [5, 5.41) is -0.0427. The van der Waals surface area contributed by atoms with Gasteiger partial charge in [-0.15, -0.1) is 0 Å². The van der Waals surface area contributed by atoms with Crippen LogP contribution in [0.5, 0.6) is 0 Å². The van der Waals surface area contributed by atoms with Gasteiger partial charge >= 0.3 is 5.69 Å². The molecule has 20 heavy (non-hydrogen) atoms. The SMILES string of the molecule is O=c1[nH]c(Cl)c(F)c(=O)n1-c1cccc2ncccc12. The van der Waals surface area contributed by atoms with Crippen molar-refractivity contribution >= 4 is 22.5 Å². The van der Waals surface area contributed by atoms with Gasteiger partial charge in [0.2, 0.25) is 5.82 Å². The lowest BCUT2D eigenvalue weighted by Gasteiger charge is -2.08. The Labute approximate surface area is 116 Å². The van der Waals surface area contributed by atoms with Crippen molar-refractivity contribution in [1.29, 1.82) is 0 Å². The van der Waals surface area contributed by atoms with Gasteiger partial charge < -0.3 is 0 Å². The van der Waals surface area contributed by atoms with E-state index < -0.39 is 22.2 Å². The van der Waals surface area contributed by atoms with Gasteiger partial charge in [0.05, 0.1) is 11.2 Å². The molecule has 0 bridgehead atoms. The van der Waals surface area contributed by atoms with Crippen molar-refractivity contribution in [2.24, 2.45) is 0 Å². The minimum Gasteiger partial charge on any atom is -0.295 e. The number of nitrogens with zero attached hydrogens (tertiary/aromatic N) is 2. The van der Waals surface area contributed by atoms with Crippen LogP contribution in [-0.2, 0) is 0 Å². The molecule has 1 N–H and O–H groups in total. The van der Waals surface area contributed by atoms with Crippen LogP contribution in [0.1, 0.15) is 0 Å². The number of aromatic amines is 1. The van der Waals surface area contributed by atoms with Crippen LogP contribution in [0.2, 0.25) is 5.15 Å². The number of rotatable bonds is 1. The first-order valence-corrected chi connectivity index (χ1v) is 6.02. The number of pyridine rings is 1. The van der Waals surface area contributed by atoms with Crippen LogP contribution in [0.25, 0.3) is 16.6 Å². The second kappa shape index (κ2) is 4.57. The third-order valence-electron chi connectivity index (χ3n) is 2.87. The van der Waals surface area contributed by atoms with Crippen molar-refractivity contribution in [2.45, 2.75) is 0 Å². The standard InChI is InChI=1S/C13H7ClFN3O2/c14-11-10(15)12(19)18(13(20)17-11)9-5-1-4-8-7(9)3-2-6-16-8/h1-6H,(H,17,20). The van der Waals surface area contributed by atoms with Gasteiger partial charge in [-0.2, -0.15) is 4.39 Å². The molecule has 0 aliphatic heterocycles. The van der Waals surface area contributed by atoms with E-state index in [1.807, 2.05) is 0 Å². The summed E-state index contributed by atoms with van der Waals surface area (Å²) in [6.07, 6.45) is 1.58. The Balaban J connectivity index is 2.47. The average Bonchev–Trinajstić information content (AvgIpc) is 2.45. The van der Waals surface area contributed by atoms with Crippen LogP contribution in [-0.4, -0.2) is 14.5 Å². The molecule has 0 radical (unpaired) electrons. The third kappa shape index (κ3) is 1.81. The molecule has 7 heteroatoms. The summed E-state index contributed by atoms with van der Waals surface area (Å²) in [4.78, 5) is 30.0. The number of halogens is 2. The van der Waals surface area contributed by atoms with Gasteiger partial charge in [-0.05, 0) is 24.3 Å². The maximum atomic E-state index is 13.6. The van der Waals surface area contributed by atoms with Crippen LogP contribution in [0.15, 0.2) is 46.1 Å². The summed E-state index contributed by atoms with van der Waals surface area (Å²) in [7, 11) is 0. The third-order valence-corrected chi connectivity index (χ3v) is 3.13. The summed E-state index contributed by atoms with van der Waals surface area (Å²) in [6.45, 7) is 0. The Kier molecular flexibility index (Phi) is 2.87. The van der Waals surface area contributed by atoms with Crippen LogP contribution < -0.4 is 11.2 Å². The topological polar surface area (TPSA) is 67.8 Å².